The lowest BCUT2D eigenvalue weighted by Gasteiger charge is -2.55. The predicted octanol–water partition coefficient (Wildman–Crippen LogP) is 3.58. The Morgan fingerprint density at radius 2 is 2.04 bits per heavy atom. The number of fused-ring (bicyclic) bond motifs is 3. The molecular formula is C21H25FO3. The van der Waals surface area contributed by atoms with Crippen LogP contribution in [0, 0.1) is 28.6 Å². The number of allylic oxidation sites excluding steroid dienone is 2. The van der Waals surface area contributed by atoms with Crippen molar-refractivity contribution in [2.45, 2.75) is 64.3 Å². The van der Waals surface area contributed by atoms with Crippen LogP contribution in [0.4, 0.5) is 4.39 Å². The van der Waals surface area contributed by atoms with Crippen LogP contribution >= 0.6 is 0 Å². The number of ether oxygens (including phenoxy) is 1. The number of hydrogen-bond donors (Lipinski definition) is 0. The molecular weight excluding hydrogens is 319 g/mol. The van der Waals surface area contributed by atoms with E-state index in [2.05, 4.69) is 6.92 Å². The minimum atomic E-state index is -1.10. The first-order chi connectivity index (χ1) is 11.7. The van der Waals surface area contributed by atoms with Crippen LogP contribution in [0.3, 0.4) is 0 Å². The van der Waals surface area contributed by atoms with E-state index in [1.165, 1.54) is 6.08 Å². The zero-order valence-electron chi connectivity index (χ0n) is 15.0. The van der Waals surface area contributed by atoms with Gasteiger partial charge in [-0.25, -0.2) is 4.39 Å². The Morgan fingerprint density at radius 3 is 2.76 bits per heavy atom. The number of halogens is 1. The van der Waals surface area contributed by atoms with Crippen LogP contribution in [0.5, 0.6) is 0 Å². The molecule has 4 fully saturated rings. The molecule has 4 aliphatic carbocycles. The van der Waals surface area contributed by atoms with Gasteiger partial charge >= 0.3 is 0 Å². The van der Waals surface area contributed by atoms with Gasteiger partial charge in [-0.1, -0.05) is 13.0 Å². The largest absolute Gasteiger partial charge is 0.364 e. The van der Waals surface area contributed by atoms with Gasteiger partial charge in [-0.05, 0) is 74.5 Å². The highest BCUT2D eigenvalue weighted by atomic mass is 19.1. The summed E-state index contributed by atoms with van der Waals surface area (Å²) in [6.45, 7) is 5.97. The second-order valence-electron chi connectivity index (χ2n) is 9.30. The van der Waals surface area contributed by atoms with Crippen molar-refractivity contribution in [3.63, 3.8) is 0 Å². The van der Waals surface area contributed by atoms with Gasteiger partial charge in [-0.2, -0.15) is 0 Å². The van der Waals surface area contributed by atoms with Gasteiger partial charge < -0.3 is 4.74 Å². The third-order valence-corrected chi connectivity index (χ3v) is 8.41. The van der Waals surface area contributed by atoms with Gasteiger partial charge in [0.1, 0.15) is 17.6 Å². The molecule has 8 atom stereocenters. The molecule has 1 heterocycles. The monoisotopic (exact) mass is 344 g/mol. The maximum atomic E-state index is 15.2. The standard InChI is InChI=1S/C21H25FO3/c1-11(23)13-4-5-14-15-9-17(22)16-8-12(24)6-7-20(16,3)21(15)18(25-21)10-19(13,14)2/h6-8,13-15,17-18H,4-5,9-10H2,1-3H3/t13-,14+,15+,17?,18?,19-,20+,21+/m1/s1. The molecule has 0 bridgehead atoms. The van der Waals surface area contributed by atoms with Crippen molar-refractivity contribution in [3.05, 3.63) is 23.8 Å². The fourth-order valence-corrected chi connectivity index (χ4v) is 7.30. The molecule has 1 spiro atoms. The molecule has 1 saturated heterocycles. The molecule has 0 aromatic heterocycles. The van der Waals surface area contributed by atoms with E-state index < -0.39 is 11.6 Å². The number of ketones is 2. The highest BCUT2D eigenvalue weighted by molar-refractivity contribution is 6.01. The fraction of sp³-hybridized carbons (Fsp3) is 0.714. The van der Waals surface area contributed by atoms with E-state index in [0.29, 0.717) is 17.9 Å². The number of epoxide rings is 1. The van der Waals surface area contributed by atoms with Crippen molar-refractivity contribution < 1.29 is 18.7 Å². The van der Waals surface area contributed by atoms with Gasteiger partial charge in [-0.3, -0.25) is 9.59 Å². The second kappa shape index (κ2) is 4.51. The molecule has 3 nitrogen and oxygen atoms in total. The summed E-state index contributed by atoms with van der Waals surface area (Å²) in [5, 5.41) is 0. The molecule has 0 N–H and O–H groups in total. The van der Waals surface area contributed by atoms with E-state index in [1.807, 2.05) is 13.0 Å². The predicted molar refractivity (Wildman–Crippen MR) is 90.6 cm³/mol. The summed E-state index contributed by atoms with van der Waals surface area (Å²) < 4.78 is 21.5. The highest BCUT2D eigenvalue weighted by Crippen LogP contribution is 2.75. The molecule has 25 heavy (non-hydrogen) atoms. The van der Waals surface area contributed by atoms with Crippen LogP contribution in [0.15, 0.2) is 23.8 Å². The molecule has 0 amide bonds. The van der Waals surface area contributed by atoms with Crippen LogP contribution in [-0.2, 0) is 14.3 Å². The Morgan fingerprint density at radius 1 is 1.28 bits per heavy atom. The maximum Gasteiger partial charge on any atom is 0.178 e. The Balaban J connectivity index is 1.61. The number of alkyl halides is 1. The molecule has 2 unspecified atom stereocenters. The average Bonchev–Trinajstić information content (AvgIpc) is 3.15. The second-order valence-corrected chi connectivity index (χ2v) is 9.30. The first kappa shape index (κ1) is 15.9. The molecule has 5 rings (SSSR count). The van der Waals surface area contributed by atoms with Crippen LogP contribution in [0.2, 0.25) is 0 Å². The van der Waals surface area contributed by atoms with Gasteiger partial charge in [0, 0.05) is 11.3 Å². The van der Waals surface area contributed by atoms with E-state index in [-0.39, 0.29) is 40.5 Å². The minimum absolute atomic E-state index is 0.0671. The van der Waals surface area contributed by atoms with Crippen molar-refractivity contribution in [3.8, 4) is 0 Å². The summed E-state index contributed by atoms with van der Waals surface area (Å²) in [5.41, 5.74) is -0.395. The fourth-order valence-electron chi connectivity index (χ4n) is 7.30. The molecule has 0 radical (unpaired) electrons. The summed E-state index contributed by atoms with van der Waals surface area (Å²) in [6, 6.07) is 0. The minimum Gasteiger partial charge on any atom is -0.364 e. The van der Waals surface area contributed by atoms with E-state index in [1.54, 1.807) is 13.0 Å². The highest BCUT2D eigenvalue weighted by Gasteiger charge is 2.80. The first-order valence-corrected chi connectivity index (χ1v) is 9.51. The molecule has 0 aromatic rings. The molecule has 1 aliphatic heterocycles. The third kappa shape index (κ3) is 1.66. The zero-order chi connectivity index (χ0) is 17.8. The number of hydrogen-bond acceptors (Lipinski definition) is 3. The van der Waals surface area contributed by atoms with Gasteiger partial charge in [0.05, 0.1) is 6.10 Å². The summed E-state index contributed by atoms with van der Waals surface area (Å²) in [4.78, 5) is 24.0. The SMILES string of the molecule is CC(=O)[C@H]1CC[C@H]2[C@@H]3CC(F)C4=CC(=O)C=C[C@]4(C)[C@]34OC4C[C@]12C. The third-order valence-electron chi connectivity index (χ3n) is 8.41. The van der Waals surface area contributed by atoms with E-state index >= 15 is 4.39 Å². The van der Waals surface area contributed by atoms with Crippen molar-refractivity contribution in [2.24, 2.45) is 28.6 Å². The molecule has 4 heteroatoms. The van der Waals surface area contributed by atoms with Crippen LogP contribution in [0.25, 0.3) is 0 Å². The molecule has 134 valence electrons. The quantitative estimate of drug-likeness (QED) is 0.683. The summed E-state index contributed by atoms with van der Waals surface area (Å²) in [5.74, 6) is 0.658. The number of carbonyl (C=O) groups excluding carboxylic acids is 2. The van der Waals surface area contributed by atoms with Crippen LogP contribution < -0.4 is 0 Å². The van der Waals surface area contributed by atoms with E-state index in [0.717, 1.165) is 19.3 Å². The lowest BCUT2D eigenvalue weighted by molar-refractivity contribution is -0.126. The van der Waals surface area contributed by atoms with Gasteiger partial charge in [-0.15, -0.1) is 0 Å². The Labute approximate surface area is 147 Å². The van der Waals surface area contributed by atoms with Crippen molar-refractivity contribution in [1.82, 2.24) is 0 Å². The summed E-state index contributed by atoms with van der Waals surface area (Å²) >= 11 is 0. The Kier molecular flexibility index (Phi) is 2.87. The lowest BCUT2D eigenvalue weighted by Crippen LogP contribution is -2.59. The topological polar surface area (TPSA) is 46.7 Å². The van der Waals surface area contributed by atoms with Crippen LogP contribution in [0.1, 0.15) is 46.5 Å². The Hall–Kier alpha value is -1.29. The van der Waals surface area contributed by atoms with E-state index in [4.69, 9.17) is 4.74 Å². The van der Waals surface area contributed by atoms with Crippen molar-refractivity contribution >= 4 is 11.6 Å². The molecule has 5 aliphatic rings. The average molecular weight is 344 g/mol. The van der Waals surface area contributed by atoms with Crippen LogP contribution in [-0.4, -0.2) is 29.4 Å². The Bertz CT molecular complexity index is 754. The number of Topliss-reactive ketones (excluding diaryl/α,β-unsaturated/α-hetero) is 1. The van der Waals surface area contributed by atoms with Crippen molar-refractivity contribution in [2.75, 3.05) is 0 Å². The smallest absolute Gasteiger partial charge is 0.178 e. The van der Waals surface area contributed by atoms with Gasteiger partial charge in [0.2, 0.25) is 0 Å². The summed E-state index contributed by atoms with van der Waals surface area (Å²) in [6.07, 6.45) is 7.12. The summed E-state index contributed by atoms with van der Waals surface area (Å²) in [7, 11) is 0. The van der Waals surface area contributed by atoms with Gasteiger partial charge in [0.25, 0.3) is 0 Å². The van der Waals surface area contributed by atoms with Crippen molar-refractivity contribution in [1.29, 1.82) is 0 Å². The number of rotatable bonds is 1. The molecule has 3 saturated carbocycles. The lowest BCUT2D eigenvalue weighted by atomic mass is 9.47. The first-order valence-electron chi connectivity index (χ1n) is 9.51. The maximum absolute atomic E-state index is 15.2. The van der Waals surface area contributed by atoms with Gasteiger partial charge in [0.15, 0.2) is 5.78 Å². The van der Waals surface area contributed by atoms with E-state index in [9.17, 15) is 9.59 Å². The number of carbonyl (C=O) groups is 2. The normalized spacial score (nSPS) is 55.6. The molecule has 0 aromatic carbocycles. The zero-order valence-corrected chi connectivity index (χ0v) is 15.0.